The Morgan fingerprint density at radius 3 is 2.78 bits per heavy atom. The predicted octanol–water partition coefficient (Wildman–Crippen LogP) is 1.85. The molecule has 3 aromatic rings. The van der Waals surface area contributed by atoms with Crippen molar-refractivity contribution in [2.45, 2.75) is 18.9 Å². The molecule has 0 aliphatic carbocycles. The van der Waals surface area contributed by atoms with Crippen molar-refractivity contribution >= 4 is 17.5 Å². The van der Waals surface area contributed by atoms with Crippen molar-refractivity contribution in [2.75, 3.05) is 11.9 Å². The molecule has 8 nitrogen and oxygen atoms in total. The van der Waals surface area contributed by atoms with Crippen LogP contribution in [-0.2, 0) is 11.8 Å². The molecule has 138 valence electrons. The van der Waals surface area contributed by atoms with Gasteiger partial charge < -0.3 is 10.2 Å². The van der Waals surface area contributed by atoms with Gasteiger partial charge in [0, 0.05) is 37.9 Å². The third kappa shape index (κ3) is 3.33. The van der Waals surface area contributed by atoms with Crippen molar-refractivity contribution < 1.29 is 9.59 Å². The molecule has 0 unspecified atom stereocenters. The fraction of sp³-hybridized carbons (Fsp3) is 0.263. The summed E-state index contributed by atoms with van der Waals surface area (Å²) in [4.78, 5) is 27.2. The molecule has 3 heterocycles. The zero-order valence-corrected chi connectivity index (χ0v) is 14.9. The summed E-state index contributed by atoms with van der Waals surface area (Å²) in [5, 5.41) is 11.2. The molecule has 0 saturated carbocycles. The zero-order valence-electron chi connectivity index (χ0n) is 14.9. The molecule has 4 rings (SSSR count). The summed E-state index contributed by atoms with van der Waals surface area (Å²) in [5.41, 5.74) is 2.01. The summed E-state index contributed by atoms with van der Waals surface area (Å²) in [7, 11) is 1.72. The van der Waals surface area contributed by atoms with Crippen LogP contribution in [0.2, 0.25) is 0 Å². The lowest BCUT2D eigenvalue weighted by atomic mass is 10.2. The highest BCUT2D eigenvalue weighted by molar-refractivity contribution is 6.01. The van der Waals surface area contributed by atoms with Crippen LogP contribution in [0, 0.1) is 0 Å². The van der Waals surface area contributed by atoms with Crippen molar-refractivity contribution in [3.8, 4) is 5.69 Å². The summed E-state index contributed by atoms with van der Waals surface area (Å²) in [6.07, 6.45) is 6.57. The van der Waals surface area contributed by atoms with Crippen LogP contribution in [-0.4, -0.2) is 48.9 Å². The number of anilines is 1. The molecular weight excluding hydrogens is 344 g/mol. The summed E-state index contributed by atoms with van der Waals surface area (Å²) in [5.74, 6) is -0.349. The van der Waals surface area contributed by atoms with Gasteiger partial charge >= 0.3 is 0 Å². The first kappa shape index (κ1) is 17.0. The Hall–Kier alpha value is -3.42. The van der Waals surface area contributed by atoms with E-state index in [1.54, 1.807) is 35.1 Å². The minimum atomic E-state index is -0.485. The number of amides is 2. The van der Waals surface area contributed by atoms with Gasteiger partial charge in [0.05, 0.1) is 5.69 Å². The number of carbonyl (C=O) groups is 2. The summed E-state index contributed by atoms with van der Waals surface area (Å²) < 4.78 is 3.26. The number of nitrogens with one attached hydrogen (secondary N) is 1. The predicted molar refractivity (Wildman–Crippen MR) is 99.5 cm³/mol. The standard InChI is InChI=1S/C19H20N6O2/c1-23-17(8-10-20-23)19(27)24-11-3-7-16(24)18(26)22-14-5-2-6-15(13-14)25-12-4-9-21-25/h2,4-6,8-10,12-13,16H,3,7,11H2,1H3,(H,22,26)/t16-/m0/s1. The Labute approximate surface area is 156 Å². The number of hydrogen-bond acceptors (Lipinski definition) is 4. The van der Waals surface area contributed by atoms with E-state index in [2.05, 4.69) is 15.5 Å². The van der Waals surface area contributed by atoms with Gasteiger partial charge in [0.1, 0.15) is 11.7 Å². The van der Waals surface area contributed by atoms with Crippen LogP contribution < -0.4 is 5.32 Å². The van der Waals surface area contributed by atoms with E-state index in [9.17, 15) is 9.59 Å². The molecule has 1 aliphatic rings. The fourth-order valence-corrected chi connectivity index (χ4v) is 3.39. The smallest absolute Gasteiger partial charge is 0.272 e. The van der Waals surface area contributed by atoms with E-state index in [1.165, 1.54) is 4.68 Å². The van der Waals surface area contributed by atoms with Crippen molar-refractivity contribution in [3.05, 3.63) is 60.7 Å². The van der Waals surface area contributed by atoms with Crippen LogP contribution >= 0.6 is 0 Å². The van der Waals surface area contributed by atoms with E-state index in [0.29, 0.717) is 24.3 Å². The van der Waals surface area contributed by atoms with Gasteiger partial charge in [-0.3, -0.25) is 14.3 Å². The molecule has 1 saturated heterocycles. The average molecular weight is 364 g/mol. The third-order valence-corrected chi connectivity index (χ3v) is 4.74. The summed E-state index contributed by atoms with van der Waals surface area (Å²) in [6.45, 7) is 0.565. The monoisotopic (exact) mass is 364 g/mol. The van der Waals surface area contributed by atoms with E-state index < -0.39 is 6.04 Å². The van der Waals surface area contributed by atoms with Crippen LogP contribution in [0.5, 0.6) is 0 Å². The Balaban J connectivity index is 1.50. The maximum atomic E-state index is 12.8. The van der Waals surface area contributed by atoms with Gasteiger partial charge in [-0.25, -0.2) is 4.68 Å². The maximum Gasteiger partial charge on any atom is 0.272 e. The lowest BCUT2D eigenvalue weighted by molar-refractivity contribution is -0.119. The minimum Gasteiger partial charge on any atom is -0.325 e. The average Bonchev–Trinajstić information content (AvgIpc) is 3.42. The SMILES string of the molecule is Cn1nccc1C(=O)N1CCC[C@H]1C(=O)Nc1cccc(-n2cccn2)c1. The highest BCUT2D eigenvalue weighted by Crippen LogP contribution is 2.22. The first-order valence-electron chi connectivity index (χ1n) is 8.83. The molecule has 1 N–H and O–H groups in total. The molecule has 2 aromatic heterocycles. The number of aromatic nitrogens is 4. The molecule has 8 heteroatoms. The van der Waals surface area contributed by atoms with Crippen LogP contribution in [0.3, 0.4) is 0 Å². The van der Waals surface area contributed by atoms with E-state index in [4.69, 9.17) is 0 Å². The van der Waals surface area contributed by atoms with Gasteiger partial charge in [0.15, 0.2) is 0 Å². The second-order valence-corrected chi connectivity index (χ2v) is 6.49. The van der Waals surface area contributed by atoms with Gasteiger partial charge in [0.25, 0.3) is 5.91 Å². The number of aryl methyl sites for hydroxylation is 1. The van der Waals surface area contributed by atoms with Crippen molar-refractivity contribution in [1.82, 2.24) is 24.5 Å². The van der Waals surface area contributed by atoms with E-state index in [-0.39, 0.29) is 11.8 Å². The number of likely N-dealkylation sites (tertiary alicyclic amines) is 1. The number of rotatable bonds is 4. The van der Waals surface area contributed by atoms with Crippen molar-refractivity contribution in [3.63, 3.8) is 0 Å². The lowest BCUT2D eigenvalue weighted by Gasteiger charge is -2.24. The van der Waals surface area contributed by atoms with E-state index in [0.717, 1.165) is 12.1 Å². The first-order chi connectivity index (χ1) is 13.1. The van der Waals surface area contributed by atoms with Gasteiger partial charge in [-0.1, -0.05) is 6.07 Å². The summed E-state index contributed by atoms with van der Waals surface area (Å²) in [6, 6.07) is 10.5. The fourth-order valence-electron chi connectivity index (χ4n) is 3.39. The largest absolute Gasteiger partial charge is 0.325 e. The number of benzene rings is 1. The van der Waals surface area contributed by atoms with Gasteiger partial charge in [0.2, 0.25) is 5.91 Å². The molecule has 0 spiro atoms. The molecular formula is C19H20N6O2. The highest BCUT2D eigenvalue weighted by Gasteiger charge is 2.35. The molecule has 27 heavy (non-hydrogen) atoms. The van der Waals surface area contributed by atoms with Crippen molar-refractivity contribution in [2.24, 2.45) is 7.05 Å². The van der Waals surface area contributed by atoms with Crippen LogP contribution in [0.4, 0.5) is 5.69 Å². The topological polar surface area (TPSA) is 85.0 Å². The number of hydrogen-bond donors (Lipinski definition) is 1. The second-order valence-electron chi connectivity index (χ2n) is 6.49. The van der Waals surface area contributed by atoms with Gasteiger partial charge in [-0.15, -0.1) is 0 Å². The summed E-state index contributed by atoms with van der Waals surface area (Å²) >= 11 is 0. The van der Waals surface area contributed by atoms with Crippen molar-refractivity contribution in [1.29, 1.82) is 0 Å². The molecule has 2 amide bonds. The van der Waals surface area contributed by atoms with Gasteiger partial charge in [-0.2, -0.15) is 10.2 Å². The quantitative estimate of drug-likeness (QED) is 0.766. The van der Waals surface area contributed by atoms with Crippen LogP contribution in [0.1, 0.15) is 23.3 Å². The van der Waals surface area contributed by atoms with E-state index in [1.807, 2.05) is 36.5 Å². The highest BCUT2D eigenvalue weighted by atomic mass is 16.2. The lowest BCUT2D eigenvalue weighted by Crippen LogP contribution is -2.43. The zero-order chi connectivity index (χ0) is 18.8. The Kier molecular flexibility index (Phi) is 4.45. The maximum absolute atomic E-state index is 12.8. The normalized spacial score (nSPS) is 16.5. The Morgan fingerprint density at radius 1 is 1.15 bits per heavy atom. The third-order valence-electron chi connectivity index (χ3n) is 4.74. The first-order valence-corrected chi connectivity index (χ1v) is 8.83. The number of nitrogens with zero attached hydrogens (tertiary/aromatic N) is 5. The molecule has 1 atom stereocenters. The Bertz CT molecular complexity index is 962. The molecule has 0 radical (unpaired) electrons. The Morgan fingerprint density at radius 2 is 2.04 bits per heavy atom. The second kappa shape index (κ2) is 7.06. The number of carbonyl (C=O) groups excluding carboxylic acids is 2. The van der Waals surface area contributed by atoms with Crippen LogP contribution in [0.25, 0.3) is 5.69 Å². The molecule has 0 bridgehead atoms. The molecule has 1 aliphatic heterocycles. The van der Waals surface area contributed by atoms with E-state index >= 15 is 0 Å². The molecule has 1 fully saturated rings. The van der Waals surface area contributed by atoms with Crippen LogP contribution in [0.15, 0.2) is 55.0 Å². The molecule has 1 aromatic carbocycles. The van der Waals surface area contributed by atoms with Gasteiger partial charge in [-0.05, 0) is 43.2 Å². The minimum absolute atomic E-state index is 0.169.